The minimum absolute atomic E-state index is 0.0860. The van der Waals surface area contributed by atoms with Gasteiger partial charge in [0.25, 0.3) is 5.56 Å². The lowest BCUT2D eigenvalue weighted by Crippen LogP contribution is -2.63. The quantitative estimate of drug-likeness (QED) is 0.503. The van der Waals surface area contributed by atoms with Crippen LogP contribution in [-0.4, -0.2) is 55.7 Å². The minimum atomic E-state index is -1.07. The van der Waals surface area contributed by atoms with Gasteiger partial charge in [0, 0.05) is 36.7 Å². The van der Waals surface area contributed by atoms with Crippen LogP contribution in [0.3, 0.4) is 0 Å². The largest absolute Gasteiger partial charge is 0.387 e. The number of carbonyl (C=O) groups excluding carboxylic acids is 1. The number of urea groups is 1. The van der Waals surface area contributed by atoms with Crippen molar-refractivity contribution in [3.63, 3.8) is 0 Å². The molecular formula is C32H38N4O3. The number of amides is 2. The lowest BCUT2D eigenvalue weighted by Gasteiger charge is -2.53. The summed E-state index contributed by atoms with van der Waals surface area (Å²) < 4.78 is 1.56. The van der Waals surface area contributed by atoms with Gasteiger partial charge in [0.05, 0.1) is 30.2 Å². The first-order valence-electron chi connectivity index (χ1n) is 14.4. The van der Waals surface area contributed by atoms with E-state index < -0.39 is 11.0 Å². The normalized spacial score (nSPS) is 24.7. The third kappa shape index (κ3) is 4.89. The Bertz CT molecular complexity index is 1350. The summed E-state index contributed by atoms with van der Waals surface area (Å²) in [5.74, 6) is 0. The zero-order valence-corrected chi connectivity index (χ0v) is 22.5. The maximum Gasteiger partial charge on any atom is 0.320 e. The summed E-state index contributed by atoms with van der Waals surface area (Å²) in [6.07, 6.45) is 8.93. The molecule has 0 unspecified atom stereocenters. The van der Waals surface area contributed by atoms with E-state index in [9.17, 15) is 14.7 Å². The molecule has 2 aromatic carbocycles. The molecule has 3 heterocycles. The van der Waals surface area contributed by atoms with Gasteiger partial charge in [-0.15, -0.1) is 0 Å². The van der Waals surface area contributed by atoms with Crippen LogP contribution in [0.1, 0.15) is 63.0 Å². The fourth-order valence-electron chi connectivity index (χ4n) is 7.22. The van der Waals surface area contributed by atoms with Crippen LogP contribution in [-0.2, 0) is 6.54 Å². The Morgan fingerprint density at radius 1 is 0.923 bits per heavy atom. The molecule has 0 bridgehead atoms. The molecule has 1 aliphatic carbocycles. The van der Waals surface area contributed by atoms with E-state index in [0.29, 0.717) is 25.2 Å². The number of nitrogens with zero attached hydrogens (tertiary/aromatic N) is 4. The van der Waals surface area contributed by atoms with Crippen LogP contribution in [0.4, 0.5) is 4.79 Å². The first-order valence-corrected chi connectivity index (χ1v) is 14.4. The van der Waals surface area contributed by atoms with E-state index in [2.05, 4.69) is 22.0 Å². The highest BCUT2D eigenvalue weighted by Gasteiger charge is 2.56. The molecule has 3 fully saturated rings. The van der Waals surface area contributed by atoms with Crippen molar-refractivity contribution in [3.8, 4) is 11.3 Å². The van der Waals surface area contributed by atoms with Gasteiger partial charge in [0.2, 0.25) is 0 Å². The van der Waals surface area contributed by atoms with Gasteiger partial charge < -0.3 is 14.9 Å². The summed E-state index contributed by atoms with van der Waals surface area (Å²) in [6.45, 7) is 1.98. The topological polar surface area (TPSA) is 78.7 Å². The third-order valence-corrected chi connectivity index (χ3v) is 9.42. The van der Waals surface area contributed by atoms with Gasteiger partial charge in [0.15, 0.2) is 0 Å². The monoisotopic (exact) mass is 526 g/mol. The molecule has 2 aliphatic heterocycles. The molecule has 6 rings (SSSR count). The van der Waals surface area contributed by atoms with Gasteiger partial charge in [-0.1, -0.05) is 73.5 Å². The fourth-order valence-corrected chi connectivity index (χ4v) is 7.22. The maximum absolute atomic E-state index is 14.0. The van der Waals surface area contributed by atoms with E-state index in [1.807, 2.05) is 53.4 Å². The second kappa shape index (κ2) is 10.6. The first-order chi connectivity index (χ1) is 19.0. The molecule has 7 heteroatoms. The fraction of sp³-hybridized carbons (Fsp3) is 0.469. The van der Waals surface area contributed by atoms with Crippen molar-refractivity contribution < 1.29 is 9.90 Å². The molecule has 0 radical (unpaired) electrons. The van der Waals surface area contributed by atoms with E-state index in [1.165, 1.54) is 5.56 Å². The zero-order valence-electron chi connectivity index (χ0n) is 22.5. The van der Waals surface area contributed by atoms with Gasteiger partial charge in [-0.05, 0) is 44.1 Å². The number of hydrogen-bond acceptors (Lipinski definition) is 4. The highest BCUT2D eigenvalue weighted by molar-refractivity contribution is 5.75. The highest BCUT2D eigenvalue weighted by Crippen LogP contribution is 2.52. The Hall–Kier alpha value is -3.45. The van der Waals surface area contributed by atoms with Crippen LogP contribution in [0.2, 0.25) is 0 Å². The lowest BCUT2D eigenvalue weighted by molar-refractivity contribution is -0.137. The third-order valence-electron chi connectivity index (χ3n) is 9.42. The molecule has 204 valence electrons. The van der Waals surface area contributed by atoms with E-state index in [-0.39, 0.29) is 24.2 Å². The van der Waals surface area contributed by atoms with E-state index in [1.54, 1.807) is 17.0 Å². The van der Waals surface area contributed by atoms with Crippen LogP contribution < -0.4 is 5.56 Å². The van der Waals surface area contributed by atoms with E-state index >= 15 is 0 Å². The van der Waals surface area contributed by atoms with Gasteiger partial charge in [-0.3, -0.25) is 9.36 Å². The number of hydrogen-bond donors (Lipinski definition) is 1. The zero-order chi connectivity index (χ0) is 26.9. The Balaban J connectivity index is 1.23. The van der Waals surface area contributed by atoms with Crippen molar-refractivity contribution in [1.82, 2.24) is 19.4 Å². The minimum Gasteiger partial charge on any atom is -0.387 e. The highest BCUT2D eigenvalue weighted by atomic mass is 16.3. The van der Waals surface area contributed by atoms with Gasteiger partial charge in [-0.25, -0.2) is 9.78 Å². The molecule has 2 atom stereocenters. The molecular weight excluding hydrogens is 488 g/mol. The average Bonchev–Trinajstić information content (AvgIpc) is 3.46. The lowest BCUT2D eigenvalue weighted by atomic mass is 9.66. The van der Waals surface area contributed by atoms with Crippen LogP contribution in [0, 0.1) is 5.41 Å². The van der Waals surface area contributed by atoms with Crippen molar-refractivity contribution >= 4 is 6.03 Å². The van der Waals surface area contributed by atoms with Crippen LogP contribution in [0.25, 0.3) is 11.3 Å². The molecule has 1 saturated carbocycles. The van der Waals surface area contributed by atoms with Crippen molar-refractivity contribution in [3.05, 3.63) is 89.0 Å². The van der Waals surface area contributed by atoms with Crippen molar-refractivity contribution in [1.29, 1.82) is 0 Å². The number of piperidine rings is 2. The Morgan fingerprint density at radius 3 is 2.36 bits per heavy atom. The molecule has 7 nitrogen and oxygen atoms in total. The average molecular weight is 527 g/mol. The van der Waals surface area contributed by atoms with Crippen molar-refractivity contribution in [2.45, 2.75) is 69.6 Å². The summed E-state index contributed by atoms with van der Waals surface area (Å²) in [6, 6.07) is 21.8. The second-order valence-corrected chi connectivity index (χ2v) is 11.7. The molecule has 3 aliphatic rings. The number of aliphatic hydroxyl groups is 1. The first kappa shape index (κ1) is 25.8. The summed E-state index contributed by atoms with van der Waals surface area (Å²) in [4.78, 5) is 35.7. The van der Waals surface area contributed by atoms with E-state index in [0.717, 1.165) is 57.1 Å². The smallest absolute Gasteiger partial charge is 0.320 e. The molecule has 1 aromatic heterocycles. The number of rotatable bonds is 4. The van der Waals surface area contributed by atoms with Gasteiger partial charge in [0.1, 0.15) is 0 Å². The summed E-state index contributed by atoms with van der Waals surface area (Å²) in [5.41, 5.74) is 1.07. The molecule has 1 spiro atoms. The number of carbonyl (C=O) groups is 1. The Kier molecular flexibility index (Phi) is 7.02. The van der Waals surface area contributed by atoms with Crippen LogP contribution in [0.5, 0.6) is 0 Å². The molecule has 3 aromatic rings. The van der Waals surface area contributed by atoms with Gasteiger partial charge in [-0.2, -0.15) is 0 Å². The van der Waals surface area contributed by atoms with Crippen molar-refractivity contribution in [2.24, 2.45) is 5.41 Å². The number of likely N-dealkylation sites (tertiary alicyclic amines) is 2. The standard InChI is InChI=1S/C32H38N4O3/c37-29-21-27(25-11-3-1-4-12-25)33-24-35(29)23-32(39)18-20-34(22-31(32)16-8-9-17-31)30(38)36-19-10-7-15-28(36)26-13-5-2-6-14-26/h1-6,11-14,21,24,28,39H,7-10,15-20,22-23H2/t28-,32+/m0/s1. The van der Waals surface area contributed by atoms with E-state index in [4.69, 9.17) is 0 Å². The number of benzene rings is 2. The van der Waals surface area contributed by atoms with Gasteiger partial charge >= 0.3 is 6.03 Å². The predicted molar refractivity (Wildman–Crippen MR) is 151 cm³/mol. The summed E-state index contributed by atoms with van der Waals surface area (Å²) in [7, 11) is 0. The summed E-state index contributed by atoms with van der Waals surface area (Å²) in [5, 5.41) is 12.2. The number of aromatic nitrogens is 2. The van der Waals surface area contributed by atoms with Crippen molar-refractivity contribution in [2.75, 3.05) is 19.6 Å². The van der Waals surface area contributed by atoms with Crippen LogP contribution in [0.15, 0.2) is 77.9 Å². The Labute approximate surface area is 230 Å². The molecule has 39 heavy (non-hydrogen) atoms. The maximum atomic E-state index is 14.0. The summed E-state index contributed by atoms with van der Waals surface area (Å²) >= 11 is 0. The second-order valence-electron chi connectivity index (χ2n) is 11.7. The van der Waals surface area contributed by atoms with Crippen LogP contribution >= 0.6 is 0 Å². The molecule has 2 saturated heterocycles. The SMILES string of the molecule is O=C(N1CC[C@@](O)(Cn2cnc(-c3ccccc3)cc2=O)C2(CCCC2)C1)N1CCCC[C@H]1c1ccccc1. The Morgan fingerprint density at radius 2 is 1.64 bits per heavy atom. The molecule has 2 amide bonds. The molecule has 1 N–H and O–H groups in total. The predicted octanol–water partition coefficient (Wildman–Crippen LogP) is 5.25.